The van der Waals surface area contributed by atoms with Gasteiger partial charge in [0.15, 0.2) is 11.3 Å². The first-order valence-corrected chi connectivity index (χ1v) is 21.6. The lowest BCUT2D eigenvalue weighted by atomic mass is 10.0. The minimum Gasteiger partial charge on any atom is -0.497 e. The number of benzene rings is 2. The number of furan rings is 1. The fourth-order valence-corrected chi connectivity index (χ4v) is 9.43. The standard InChI is InChI=1S/C42H48FN5O10S/c1-41(2,3)58-40(52)45-30-11-9-7-5-6-8-10-23-21-42(23,39(51)47-59(53,54)27-14-15-27)46-37(49)32-19-26(22-48(32)38(30)50)56-35-28-16-12-24(43)18-31(28)44-34-29-17-13-25(55-4)20-33(29)57-36(34)35/h8,10,12-13,16-18,20,23,26-27,30,32H,5-7,9,11,14-15,19,21-22H2,1-4H3,(H,45,52)(H,46,49)(H,47,51)/b10-8-/t23-,26+,30-,32+,42-/m1/s1. The van der Waals surface area contributed by atoms with Crippen molar-refractivity contribution in [3.05, 3.63) is 54.4 Å². The Morgan fingerprint density at radius 2 is 1.83 bits per heavy atom. The van der Waals surface area contributed by atoms with Crippen LogP contribution in [-0.2, 0) is 29.1 Å². The van der Waals surface area contributed by atoms with Crippen LogP contribution in [0.5, 0.6) is 11.5 Å². The van der Waals surface area contributed by atoms with E-state index in [4.69, 9.17) is 23.6 Å². The number of nitrogens with zero attached hydrogens (tertiary/aromatic N) is 2. The number of hydrogen-bond acceptors (Lipinski definition) is 11. The summed E-state index contributed by atoms with van der Waals surface area (Å²) < 4.78 is 66.6. The SMILES string of the molecule is COc1ccc2c(c1)oc1c(O[C@H]3C[C@H]4C(=O)N[C@]5(C(=O)NS(=O)(=O)C6CC6)C[C@H]5/C=C\CCCCC[C@@H](NC(=O)OC(C)(C)C)C(=O)N4C3)c3ccc(F)cc3nc12. The molecule has 314 valence electrons. The van der Waals surface area contributed by atoms with Gasteiger partial charge in [-0.15, -0.1) is 0 Å². The highest BCUT2D eigenvalue weighted by molar-refractivity contribution is 7.91. The molecule has 2 aliphatic carbocycles. The molecular formula is C42H48FN5O10S. The zero-order chi connectivity index (χ0) is 41.9. The number of halogens is 1. The van der Waals surface area contributed by atoms with E-state index >= 15 is 0 Å². The van der Waals surface area contributed by atoms with Gasteiger partial charge in [0.1, 0.15) is 52.0 Å². The van der Waals surface area contributed by atoms with Crippen molar-refractivity contribution in [2.75, 3.05) is 13.7 Å². The van der Waals surface area contributed by atoms with Crippen LogP contribution in [0.3, 0.4) is 0 Å². The number of fused-ring (bicyclic) bond motifs is 6. The Morgan fingerprint density at radius 3 is 2.58 bits per heavy atom. The number of sulfonamides is 1. The summed E-state index contributed by atoms with van der Waals surface area (Å²) in [4.78, 5) is 62.3. The number of rotatable bonds is 7. The third-order valence-electron chi connectivity index (χ3n) is 11.3. The topological polar surface area (TPSA) is 195 Å². The lowest BCUT2D eigenvalue weighted by Gasteiger charge is -2.30. The summed E-state index contributed by atoms with van der Waals surface area (Å²) in [5.74, 6) is -2.30. The van der Waals surface area contributed by atoms with E-state index in [1.165, 1.54) is 30.2 Å². The number of carbonyl (C=O) groups is 4. The van der Waals surface area contributed by atoms with Gasteiger partial charge in [-0.25, -0.2) is 22.6 Å². The van der Waals surface area contributed by atoms with Gasteiger partial charge in [-0.1, -0.05) is 25.0 Å². The number of pyridine rings is 1. The number of amides is 4. The second-order valence-corrected chi connectivity index (χ2v) is 18.9. The summed E-state index contributed by atoms with van der Waals surface area (Å²) in [6, 6.07) is 7.00. The maximum Gasteiger partial charge on any atom is 0.408 e. The summed E-state index contributed by atoms with van der Waals surface area (Å²) in [6.07, 6.45) is 6.09. The van der Waals surface area contributed by atoms with Crippen molar-refractivity contribution >= 4 is 66.8 Å². The zero-order valence-corrected chi connectivity index (χ0v) is 34.2. The molecule has 4 heterocycles. The molecule has 5 atom stereocenters. The number of allylic oxidation sites excluding steroid dienone is 1. The second kappa shape index (κ2) is 15.3. The lowest BCUT2D eigenvalue weighted by Crippen LogP contribution is -2.58. The van der Waals surface area contributed by atoms with E-state index in [0.29, 0.717) is 53.3 Å². The van der Waals surface area contributed by atoms with Crippen molar-refractivity contribution in [2.24, 2.45) is 5.92 Å². The van der Waals surface area contributed by atoms with Crippen molar-refractivity contribution in [1.29, 1.82) is 0 Å². The summed E-state index contributed by atoms with van der Waals surface area (Å²) in [5, 5.41) is 5.99. The van der Waals surface area contributed by atoms with Gasteiger partial charge in [-0.2, -0.15) is 0 Å². The largest absolute Gasteiger partial charge is 0.497 e. The molecule has 8 rings (SSSR count). The van der Waals surface area contributed by atoms with E-state index in [1.807, 2.05) is 12.2 Å². The van der Waals surface area contributed by atoms with Crippen LogP contribution in [0, 0.1) is 11.7 Å². The summed E-state index contributed by atoms with van der Waals surface area (Å²) in [6.45, 7) is 5.01. The third kappa shape index (κ3) is 8.25. The van der Waals surface area contributed by atoms with Gasteiger partial charge in [-0.3, -0.25) is 19.1 Å². The van der Waals surface area contributed by atoms with E-state index in [9.17, 15) is 32.0 Å². The minimum absolute atomic E-state index is 0.0597. The molecule has 0 unspecified atom stereocenters. The molecular weight excluding hydrogens is 786 g/mol. The Balaban J connectivity index is 1.17. The summed E-state index contributed by atoms with van der Waals surface area (Å²) >= 11 is 0. The number of methoxy groups -OCH3 is 1. The molecule has 15 nitrogen and oxygen atoms in total. The highest BCUT2D eigenvalue weighted by Crippen LogP contribution is 2.46. The summed E-state index contributed by atoms with van der Waals surface area (Å²) in [7, 11) is -2.41. The van der Waals surface area contributed by atoms with E-state index in [-0.39, 0.29) is 42.7 Å². The Labute approximate surface area is 340 Å². The molecule has 0 radical (unpaired) electrons. The van der Waals surface area contributed by atoms with Gasteiger partial charge >= 0.3 is 6.09 Å². The van der Waals surface area contributed by atoms with Crippen LogP contribution in [0.1, 0.15) is 78.6 Å². The van der Waals surface area contributed by atoms with Crippen LogP contribution in [-0.4, -0.2) is 90.3 Å². The van der Waals surface area contributed by atoms with Gasteiger partial charge in [0, 0.05) is 35.2 Å². The Morgan fingerprint density at radius 1 is 1.05 bits per heavy atom. The number of nitrogens with one attached hydrogen (secondary N) is 3. The Bertz CT molecular complexity index is 2500. The van der Waals surface area contributed by atoms with Crippen LogP contribution in [0.15, 0.2) is 53.0 Å². The van der Waals surface area contributed by atoms with Gasteiger partial charge in [0.05, 0.1) is 24.4 Å². The molecule has 59 heavy (non-hydrogen) atoms. The predicted octanol–water partition coefficient (Wildman–Crippen LogP) is 5.53. The quantitative estimate of drug-likeness (QED) is 0.198. The van der Waals surface area contributed by atoms with E-state index in [2.05, 4.69) is 15.4 Å². The fraction of sp³-hybridized carbons (Fsp3) is 0.500. The van der Waals surface area contributed by atoms with Crippen molar-refractivity contribution < 1.29 is 50.6 Å². The average Bonchev–Trinajstić information content (AvgIpc) is 4.07. The van der Waals surface area contributed by atoms with Gasteiger partial charge in [0.25, 0.3) is 5.91 Å². The lowest BCUT2D eigenvalue weighted by molar-refractivity contribution is -0.141. The van der Waals surface area contributed by atoms with Gasteiger partial charge in [0.2, 0.25) is 21.8 Å². The van der Waals surface area contributed by atoms with Crippen LogP contribution in [0.4, 0.5) is 9.18 Å². The van der Waals surface area contributed by atoms with Crippen LogP contribution in [0.2, 0.25) is 0 Å². The summed E-state index contributed by atoms with van der Waals surface area (Å²) in [5.41, 5.74) is -1.02. The van der Waals surface area contributed by atoms with Gasteiger partial charge in [-0.05, 0) is 83.6 Å². The molecule has 4 amide bonds. The van der Waals surface area contributed by atoms with E-state index < -0.39 is 80.2 Å². The molecule has 0 spiro atoms. The minimum atomic E-state index is -3.94. The first-order chi connectivity index (χ1) is 28.0. The molecule has 3 fully saturated rings. The normalized spacial score (nSPS) is 25.9. The number of hydrogen-bond donors (Lipinski definition) is 3. The van der Waals surface area contributed by atoms with Crippen LogP contribution < -0.4 is 24.8 Å². The molecule has 1 saturated heterocycles. The smallest absolute Gasteiger partial charge is 0.408 e. The van der Waals surface area contributed by atoms with Crippen LogP contribution >= 0.6 is 0 Å². The molecule has 4 aromatic rings. The number of alkyl carbamates (subject to hydrolysis) is 1. The highest BCUT2D eigenvalue weighted by atomic mass is 32.2. The average molecular weight is 834 g/mol. The first-order valence-electron chi connectivity index (χ1n) is 20.1. The monoisotopic (exact) mass is 833 g/mol. The third-order valence-corrected chi connectivity index (χ3v) is 13.2. The fourth-order valence-electron chi connectivity index (χ4n) is 8.07. The number of ether oxygens (including phenoxy) is 3. The predicted molar refractivity (Wildman–Crippen MR) is 215 cm³/mol. The molecule has 2 aromatic heterocycles. The van der Waals surface area contributed by atoms with E-state index in [1.54, 1.807) is 39.0 Å². The maximum absolute atomic E-state index is 14.7. The maximum atomic E-state index is 14.7. The molecule has 17 heteroatoms. The molecule has 2 saturated carbocycles. The highest BCUT2D eigenvalue weighted by Gasteiger charge is 2.62. The molecule has 3 N–H and O–H groups in total. The second-order valence-electron chi connectivity index (χ2n) is 16.9. The van der Waals surface area contributed by atoms with E-state index in [0.717, 1.165) is 12.8 Å². The molecule has 2 aromatic carbocycles. The number of aromatic nitrogens is 1. The zero-order valence-electron chi connectivity index (χ0n) is 33.3. The molecule has 4 aliphatic rings. The van der Waals surface area contributed by atoms with Gasteiger partial charge < -0.3 is 34.2 Å². The molecule has 0 bridgehead atoms. The van der Waals surface area contributed by atoms with Crippen molar-refractivity contribution in [2.45, 2.75) is 113 Å². The van der Waals surface area contributed by atoms with Crippen molar-refractivity contribution in [1.82, 2.24) is 25.2 Å². The van der Waals surface area contributed by atoms with Crippen LogP contribution in [0.25, 0.3) is 33.0 Å². The molecule has 2 aliphatic heterocycles. The van der Waals surface area contributed by atoms with Crippen molar-refractivity contribution in [3.8, 4) is 11.5 Å². The van der Waals surface area contributed by atoms with Crippen molar-refractivity contribution in [3.63, 3.8) is 0 Å². The number of carbonyl (C=O) groups excluding carboxylic acids is 4. The Hall–Kier alpha value is -5.45. The first kappa shape index (κ1) is 40.3. The Kier molecular flexibility index (Phi) is 10.5.